The van der Waals surface area contributed by atoms with E-state index in [1.165, 1.54) is 11.3 Å². The summed E-state index contributed by atoms with van der Waals surface area (Å²) in [7, 11) is 0. The van der Waals surface area contributed by atoms with E-state index in [0.717, 1.165) is 45.9 Å². The van der Waals surface area contributed by atoms with Gasteiger partial charge >= 0.3 is 0 Å². The molecule has 1 N–H and O–H groups in total. The van der Waals surface area contributed by atoms with Crippen LogP contribution < -0.4 is 10.2 Å². The van der Waals surface area contributed by atoms with Gasteiger partial charge in [-0.1, -0.05) is 29.8 Å². The second-order valence-electron chi connectivity index (χ2n) is 6.85. The topological polar surface area (TPSA) is 45.2 Å². The maximum absolute atomic E-state index is 13.2. The van der Waals surface area contributed by atoms with Crippen molar-refractivity contribution < 1.29 is 4.79 Å². The molecule has 0 unspecified atom stereocenters. The summed E-state index contributed by atoms with van der Waals surface area (Å²) in [5.74, 6) is -0.159. The number of fused-ring (bicyclic) bond motifs is 1. The second-order valence-corrected chi connectivity index (χ2v) is 8.56. The van der Waals surface area contributed by atoms with Gasteiger partial charge in [0.2, 0.25) is 0 Å². The molecule has 1 amide bonds. The number of thiophene rings is 1. The number of nitrogens with one attached hydrogen (secondary N) is 1. The molecule has 4 nitrogen and oxygen atoms in total. The highest BCUT2D eigenvalue weighted by molar-refractivity contribution is 7.19. The Morgan fingerprint density at radius 1 is 1.03 bits per heavy atom. The summed E-state index contributed by atoms with van der Waals surface area (Å²) in [5.41, 5.74) is 4.02. The molecule has 0 aliphatic rings. The van der Waals surface area contributed by atoms with Crippen molar-refractivity contribution >= 4 is 51.1 Å². The quantitative estimate of drug-likeness (QED) is 0.365. The Labute approximate surface area is 185 Å². The molecule has 152 valence electrons. The van der Waals surface area contributed by atoms with Crippen molar-refractivity contribution in [2.45, 2.75) is 13.8 Å². The van der Waals surface area contributed by atoms with Gasteiger partial charge in [-0.15, -0.1) is 11.3 Å². The Morgan fingerprint density at radius 2 is 1.77 bits per heavy atom. The second kappa shape index (κ2) is 8.86. The van der Waals surface area contributed by atoms with Gasteiger partial charge < -0.3 is 10.2 Å². The van der Waals surface area contributed by atoms with E-state index in [0.29, 0.717) is 9.90 Å². The lowest BCUT2D eigenvalue weighted by Crippen LogP contribution is -2.21. The first-order valence-electron chi connectivity index (χ1n) is 9.91. The number of carbonyl (C=O) groups is 1. The summed E-state index contributed by atoms with van der Waals surface area (Å²) in [6.07, 6.45) is 0. The molecule has 2 aromatic carbocycles. The van der Waals surface area contributed by atoms with E-state index in [1.807, 2.05) is 66.7 Å². The van der Waals surface area contributed by atoms with E-state index in [1.54, 1.807) is 0 Å². The number of nitrogens with zero attached hydrogens (tertiary/aromatic N) is 2. The van der Waals surface area contributed by atoms with Crippen molar-refractivity contribution in [3.8, 4) is 10.6 Å². The number of amides is 1. The molecule has 0 spiro atoms. The van der Waals surface area contributed by atoms with Crippen LogP contribution in [-0.2, 0) is 0 Å². The van der Waals surface area contributed by atoms with E-state index < -0.39 is 0 Å². The first kappa shape index (κ1) is 20.4. The van der Waals surface area contributed by atoms with E-state index in [4.69, 9.17) is 16.6 Å². The highest BCUT2D eigenvalue weighted by Gasteiger charge is 2.15. The van der Waals surface area contributed by atoms with Crippen LogP contribution in [0.15, 0.2) is 66.7 Å². The Balaban J connectivity index is 1.67. The molecule has 30 heavy (non-hydrogen) atoms. The van der Waals surface area contributed by atoms with Crippen LogP contribution in [0, 0.1) is 0 Å². The molecule has 0 fully saturated rings. The zero-order valence-electron chi connectivity index (χ0n) is 16.9. The van der Waals surface area contributed by atoms with Gasteiger partial charge in [0.15, 0.2) is 0 Å². The lowest BCUT2D eigenvalue weighted by Gasteiger charge is -2.21. The number of anilines is 2. The minimum absolute atomic E-state index is 0.159. The normalized spacial score (nSPS) is 10.9. The average molecular weight is 436 g/mol. The molecule has 0 aliphatic carbocycles. The number of aromatic nitrogens is 1. The number of hydrogen-bond donors (Lipinski definition) is 1. The molecule has 2 aromatic heterocycles. The fraction of sp³-hybridized carbons (Fsp3) is 0.167. The fourth-order valence-corrected chi connectivity index (χ4v) is 4.49. The molecule has 6 heteroatoms. The number of halogens is 1. The van der Waals surface area contributed by atoms with Crippen molar-refractivity contribution in [2.24, 2.45) is 0 Å². The van der Waals surface area contributed by atoms with E-state index in [2.05, 4.69) is 24.1 Å². The summed E-state index contributed by atoms with van der Waals surface area (Å²) in [6, 6.07) is 21.2. The van der Waals surface area contributed by atoms with E-state index >= 15 is 0 Å². The molecule has 2 heterocycles. The molecule has 0 saturated carbocycles. The van der Waals surface area contributed by atoms with E-state index in [9.17, 15) is 4.79 Å². The smallest absolute Gasteiger partial charge is 0.256 e. The van der Waals surface area contributed by atoms with Crippen molar-refractivity contribution in [1.29, 1.82) is 0 Å². The van der Waals surface area contributed by atoms with Crippen LogP contribution >= 0.6 is 22.9 Å². The van der Waals surface area contributed by atoms with Gasteiger partial charge in [0.05, 0.1) is 26.0 Å². The average Bonchev–Trinajstić information content (AvgIpc) is 3.21. The highest BCUT2D eigenvalue weighted by atomic mass is 35.5. The first-order valence-corrected chi connectivity index (χ1v) is 11.1. The van der Waals surface area contributed by atoms with Crippen LogP contribution in [0.3, 0.4) is 0 Å². The standard InChI is InChI=1S/C24H22ClN3OS/c1-3-28(4-2)17-11-9-16(10-12-17)26-24(29)19-15-21(22-13-14-23(25)30-22)27-20-8-6-5-7-18(19)20/h5-15H,3-4H2,1-2H3,(H,26,29). The number of pyridine rings is 1. The lowest BCUT2D eigenvalue weighted by atomic mass is 10.1. The summed E-state index contributed by atoms with van der Waals surface area (Å²) >= 11 is 7.55. The number of para-hydroxylation sites is 1. The Bertz CT molecular complexity index is 1180. The maximum atomic E-state index is 13.2. The van der Waals surface area contributed by atoms with Crippen LogP contribution in [0.5, 0.6) is 0 Å². The summed E-state index contributed by atoms with van der Waals surface area (Å²) in [4.78, 5) is 21.1. The Morgan fingerprint density at radius 3 is 2.43 bits per heavy atom. The SMILES string of the molecule is CCN(CC)c1ccc(NC(=O)c2cc(-c3ccc(Cl)s3)nc3ccccc23)cc1. The van der Waals surface area contributed by atoms with Crippen molar-refractivity contribution in [2.75, 3.05) is 23.3 Å². The largest absolute Gasteiger partial charge is 0.372 e. The number of carbonyl (C=O) groups excluding carboxylic acids is 1. The summed E-state index contributed by atoms with van der Waals surface area (Å²) < 4.78 is 0.694. The molecule has 0 saturated heterocycles. The van der Waals surface area contributed by atoms with Crippen LogP contribution in [0.4, 0.5) is 11.4 Å². The Kier molecular flexibility index (Phi) is 6.02. The van der Waals surface area contributed by atoms with Crippen molar-refractivity contribution in [3.63, 3.8) is 0 Å². The van der Waals surface area contributed by atoms with Gasteiger partial charge in [0.1, 0.15) is 0 Å². The molecule has 0 bridgehead atoms. The zero-order chi connectivity index (χ0) is 21.1. The molecular weight excluding hydrogens is 414 g/mol. The van der Waals surface area contributed by atoms with Gasteiger partial charge in [-0.3, -0.25) is 4.79 Å². The minimum Gasteiger partial charge on any atom is -0.372 e. The third-order valence-corrected chi connectivity index (χ3v) is 6.29. The number of hydrogen-bond acceptors (Lipinski definition) is 4. The van der Waals surface area contributed by atoms with Crippen LogP contribution in [-0.4, -0.2) is 24.0 Å². The molecule has 0 atom stereocenters. The molecule has 0 aliphatic heterocycles. The third-order valence-electron chi connectivity index (χ3n) is 5.04. The fourth-order valence-electron chi connectivity index (χ4n) is 3.48. The monoisotopic (exact) mass is 435 g/mol. The minimum atomic E-state index is -0.159. The number of rotatable bonds is 6. The number of benzene rings is 2. The van der Waals surface area contributed by atoms with Gasteiger partial charge in [0.25, 0.3) is 5.91 Å². The van der Waals surface area contributed by atoms with Gasteiger partial charge in [0, 0.05) is 29.9 Å². The van der Waals surface area contributed by atoms with Gasteiger partial charge in [-0.05, 0) is 62.4 Å². The predicted octanol–water partition coefficient (Wildman–Crippen LogP) is 6.72. The summed E-state index contributed by atoms with van der Waals surface area (Å²) in [6.45, 7) is 6.15. The van der Waals surface area contributed by atoms with Crippen molar-refractivity contribution in [1.82, 2.24) is 4.98 Å². The molecule has 4 rings (SSSR count). The maximum Gasteiger partial charge on any atom is 0.256 e. The van der Waals surface area contributed by atoms with Crippen LogP contribution in [0.2, 0.25) is 4.34 Å². The van der Waals surface area contributed by atoms with Gasteiger partial charge in [-0.2, -0.15) is 0 Å². The van der Waals surface area contributed by atoms with E-state index in [-0.39, 0.29) is 5.91 Å². The van der Waals surface area contributed by atoms with Crippen molar-refractivity contribution in [3.05, 3.63) is 76.6 Å². The lowest BCUT2D eigenvalue weighted by molar-refractivity contribution is 0.102. The first-order chi connectivity index (χ1) is 14.6. The molecule has 0 radical (unpaired) electrons. The Hall–Kier alpha value is -2.89. The van der Waals surface area contributed by atoms with Crippen LogP contribution in [0.25, 0.3) is 21.5 Å². The summed E-state index contributed by atoms with van der Waals surface area (Å²) in [5, 5.41) is 3.85. The zero-order valence-corrected chi connectivity index (χ0v) is 18.4. The van der Waals surface area contributed by atoms with Crippen LogP contribution in [0.1, 0.15) is 24.2 Å². The highest BCUT2D eigenvalue weighted by Crippen LogP contribution is 2.32. The van der Waals surface area contributed by atoms with Gasteiger partial charge in [-0.25, -0.2) is 4.98 Å². The predicted molar refractivity (Wildman–Crippen MR) is 128 cm³/mol. The molecule has 4 aromatic rings. The molecular formula is C24H22ClN3OS. The third kappa shape index (κ3) is 4.18.